The van der Waals surface area contributed by atoms with Crippen LogP contribution in [0.2, 0.25) is 0 Å². The molecule has 1 amide bonds. The lowest BCUT2D eigenvalue weighted by Crippen LogP contribution is -2.15. The molecule has 2 aromatic rings. The summed E-state index contributed by atoms with van der Waals surface area (Å²) in [5, 5.41) is 19.0. The van der Waals surface area contributed by atoms with E-state index < -0.39 is 0 Å². The number of amides is 1. The molecule has 0 unspecified atom stereocenters. The number of Topliss-reactive ketones (excluding diaryl/α,β-unsaturated/α-hetero) is 1. The molecule has 0 spiro atoms. The molecule has 0 aliphatic rings. The maximum absolute atomic E-state index is 12.6. The van der Waals surface area contributed by atoms with Crippen LogP contribution in [0.15, 0.2) is 57.9 Å². The van der Waals surface area contributed by atoms with E-state index >= 15 is 0 Å². The number of carbonyl (C=O) groups excluding carboxylic acids is 2. The molecule has 0 atom stereocenters. The lowest BCUT2D eigenvalue weighted by atomic mass is 10.2. The highest BCUT2D eigenvalue weighted by molar-refractivity contribution is 8.19. The zero-order chi connectivity index (χ0) is 26.6. The van der Waals surface area contributed by atoms with Crippen LogP contribution in [0.1, 0.15) is 43.9 Å². The van der Waals surface area contributed by atoms with E-state index in [9.17, 15) is 9.59 Å². The molecular formula is C22H35N9O2S2. The molecule has 35 heavy (non-hydrogen) atoms. The van der Waals surface area contributed by atoms with E-state index in [4.69, 9.17) is 0 Å². The number of aromatic nitrogens is 4. The fourth-order valence-electron chi connectivity index (χ4n) is 2.15. The number of thioether (sulfide) groups is 1. The highest BCUT2D eigenvalue weighted by atomic mass is 32.2. The third-order valence-corrected chi connectivity index (χ3v) is 5.07. The third kappa shape index (κ3) is 12.2. The Labute approximate surface area is 215 Å². The predicted molar refractivity (Wildman–Crippen MR) is 147 cm³/mol. The summed E-state index contributed by atoms with van der Waals surface area (Å²) in [6, 6.07) is 3.46. The Kier molecular flexibility index (Phi) is 17.4. The lowest BCUT2D eigenvalue weighted by Gasteiger charge is -2.08. The fraction of sp³-hybridized carbons (Fsp3) is 0.364. The largest absolute Gasteiger partial charge is 0.312 e. The van der Waals surface area contributed by atoms with Gasteiger partial charge < -0.3 is 5.43 Å². The van der Waals surface area contributed by atoms with Crippen molar-refractivity contribution in [3.8, 4) is 0 Å². The topological polar surface area (TPSA) is 133 Å². The predicted octanol–water partition coefficient (Wildman–Crippen LogP) is 3.49. The SMILES string of the molecule is C=C(S/C(=N\NC)C(=O)c1ccn[nH]1)C(/C=N\NC=O)=C/Cc1ccn(SN(C)C)n1.CC.CC. The number of H-pyrrole nitrogens is 1. The van der Waals surface area contributed by atoms with Gasteiger partial charge in [0.15, 0.2) is 5.04 Å². The van der Waals surface area contributed by atoms with Gasteiger partial charge in [0.25, 0.3) is 0 Å². The Balaban J connectivity index is 0.00000274. The molecule has 2 heterocycles. The maximum atomic E-state index is 12.6. The van der Waals surface area contributed by atoms with Crippen LogP contribution in [-0.4, -0.2) is 68.3 Å². The number of rotatable bonds is 12. The summed E-state index contributed by atoms with van der Waals surface area (Å²) < 4.78 is 3.67. The molecule has 2 aromatic heterocycles. The van der Waals surface area contributed by atoms with Gasteiger partial charge in [0.05, 0.1) is 24.0 Å². The third-order valence-electron chi connectivity index (χ3n) is 3.43. The smallest absolute Gasteiger partial charge is 0.237 e. The molecule has 0 bridgehead atoms. The van der Waals surface area contributed by atoms with Crippen LogP contribution in [0.4, 0.5) is 0 Å². The second-order valence-electron chi connectivity index (χ2n) is 5.94. The second kappa shape index (κ2) is 19.2. The van der Waals surface area contributed by atoms with Crippen molar-refractivity contribution in [1.29, 1.82) is 0 Å². The Morgan fingerprint density at radius 1 is 1.29 bits per heavy atom. The van der Waals surface area contributed by atoms with Gasteiger partial charge in [0, 0.05) is 36.3 Å². The van der Waals surface area contributed by atoms with E-state index in [0.717, 1.165) is 17.5 Å². The lowest BCUT2D eigenvalue weighted by molar-refractivity contribution is -0.109. The zero-order valence-electron chi connectivity index (χ0n) is 21.3. The Morgan fingerprint density at radius 2 is 2.00 bits per heavy atom. The fourth-order valence-corrected chi connectivity index (χ4v) is 3.57. The van der Waals surface area contributed by atoms with E-state index in [1.807, 2.05) is 64.4 Å². The van der Waals surface area contributed by atoms with Gasteiger partial charge >= 0.3 is 0 Å². The molecule has 11 nitrogen and oxygen atoms in total. The van der Waals surface area contributed by atoms with Gasteiger partial charge in [-0.3, -0.25) is 14.7 Å². The van der Waals surface area contributed by atoms with Gasteiger partial charge in [-0.25, -0.2) is 9.73 Å². The number of ketones is 1. The Hall–Kier alpha value is -3.16. The van der Waals surface area contributed by atoms with Crippen LogP contribution in [0, 0.1) is 0 Å². The number of hydrogen-bond acceptors (Lipinski definition) is 10. The van der Waals surface area contributed by atoms with Gasteiger partial charge in [-0.2, -0.15) is 24.5 Å². The number of hydrogen-bond donors (Lipinski definition) is 3. The first kappa shape index (κ1) is 31.8. The summed E-state index contributed by atoms with van der Waals surface area (Å²) in [5.74, 6) is -0.334. The van der Waals surface area contributed by atoms with Crippen LogP contribution in [0.25, 0.3) is 0 Å². The van der Waals surface area contributed by atoms with Gasteiger partial charge in [0.2, 0.25) is 12.2 Å². The molecule has 0 aliphatic heterocycles. The number of allylic oxidation sites excluding steroid dienone is 2. The summed E-state index contributed by atoms with van der Waals surface area (Å²) in [6.45, 7) is 12.0. The summed E-state index contributed by atoms with van der Waals surface area (Å²) in [5.41, 5.74) is 6.60. The van der Waals surface area contributed by atoms with Crippen molar-refractivity contribution in [2.75, 3.05) is 21.1 Å². The van der Waals surface area contributed by atoms with Gasteiger partial charge in [-0.05, 0) is 26.2 Å². The number of carbonyl (C=O) groups is 2. The quantitative estimate of drug-likeness (QED) is 0.0735. The van der Waals surface area contributed by atoms with Crippen LogP contribution >= 0.6 is 23.9 Å². The van der Waals surface area contributed by atoms with Crippen molar-refractivity contribution < 1.29 is 9.59 Å². The van der Waals surface area contributed by atoms with Crippen LogP contribution in [0.3, 0.4) is 0 Å². The van der Waals surface area contributed by atoms with Crippen molar-refractivity contribution in [2.24, 2.45) is 10.2 Å². The number of aromatic amines is 1. The average molecular weight is 522 g/mol. The first-order chi connectivity index (χ1) is 16.9. The Morgan fingerprint density at radius 3 is 2.57 bits per heavy atom. The van der Waals surface area contributed by atoms with Crippen LogP contribution in [0.5, 0.6) is 0 Å². The Bertz CT molecular complexity index is 981. The average Bonchev–Trinajstić information content (AvgIpc) is 3.55. The van der Waals surface area contributed by atoms with Gasteiger partial charge in [-0.15, -0.1) is 0 Å². The van der Waals surface area contributed by atoms with E-state index in [1.165, 1.54) is 24.5 Å². The highest BCUT2D eigenvalue weighted by Gasteiger charge is 2.19. The van der Waals surface area contributed by atoms with Crippen molar-refractivity contribution in [2.45, 2.75) is 34.1 Å². The van der Waals surface area contributed by atoms with Gasteiger partial charge in [0.1, 0.15) is 5.69 Å². The monoisotopic (exact) mass is 521 g/mol. The number of hydrazone groups is 2. The second-order valence-corrected chi connectivity index (χ2v) is 8.29. The molecule has 3 N–H and O–H groups in total. The summed E-state index contributed by atoms with van der Waals surface area (Å²) in [4.78, 5) is 23.7. The van der Waals surface area contributed by atoms with E-state index in [0.29, 0.717) is 29.0 Å². The standard InChI is InChI=1S/C18H23N9O2S2.2C2H6/c1-13(30-18(24-19-2)17(29)16-7-9-20-23-16)14(11-21-22-12-28)5-6-15-8-10-27(25-15)31-26(3)4;2*1-2/h5,7-12,19H,1,6H2,2-4H3,(H,20,23)(H,22,28);2*1-2H3/b14-5+,21-11-,24-18-;;. The zero-order valence-corrected chi connectivity index (χ0v) is 22.9. The first-order valence-corrected chi connectivity index (χ1v) is 12.5. The first-order valence-electron chi connectivity index (χ1n) is 10.9. The molecule has 0 radical (unpaired) electrons. The van der Waals surface area contributed by atoms with Crippen molar-refractivity contribution in [1.82, 2.24) is 34.5 Å². The van der Waals surface area contributed by atoms with Crippen molar-refractivity contribution in [3.63, 3.8) is 0 Å². The molecule has 192 valence electrons. The van der Waals surface area contributed by atoms with E-state index in [1.54, 1.807) is 17.2 Å². The summed E-state index contributed by atoms with van der Waals surface area (Å²) >= 11 is 2.52. The molecule has 13 heteroatoms. The molecule has 0 saturated carbocycles. The maximum Gasteiger partial charge on any atom is 0.237 e. The molecule has 0 aromatic carbocycles. The molecule has 2 rings (SSSR count). The highest BCUT2D eigenvalue weighted by Crippen LogP contribution is 2.25. The minimum absolute atomic E-state index is 0.172. The summed E-state index contributed by atoms with van der Waals surface area (Å²) in [6.07, 6.45) is 7.61. The van der Waals surface area contributed by atoms with Crippen LogP contribution < -0.4 is 10.9 Å². The molecule has 0 saturated heterocycles. The van der Waals surface area contributed by atoms with Crippen molar-refractivity contribution >= 4 is 47.3 Å². The van der Waals surface area contributed by atoms with Crippen LogP contribution in [-0.2, 0) is 11.2 Å². The van der Waals surface area contributed by atoms with E-state index in [-0.39, 0.29) is 10.8 Å². The minimum Gasteiger partial charge on any atom is -0.312 e. The molecule has 0 fully saturated rings. The van der Waals surface area contributed by atoms with Gasteiger partial charge in [-0.1, -0.05) is 52.1 Å². The van der Waals surface area contributed by atoms with Crippen molar-refractivity contribution in [3.05, 3.63) is 59.0 Å². The normalized spacial score (nSPS) is 11.3. The molecular weight excluding hydrogens is 486 g/mol. The van der Waals surface area contributed by atoms with E-state index in [2.05, 4.69) is 42.9 Å². The number of nitrogens with one attached hydrogen (secondary N) is 3. The minimum atomic E-state index is -0.334. The molecule has 0 aliphatic carbocycles. The summed E-state index contributed by atoms with van der Waals surface area (Å²) in [7, 11) is 5.45. The number of nitrogens with zero attached hydrogens (tertiary/aromatic N) is 6.